The molecule has 0 fully saturated rings. The van der Waals surface area contributed by atoms with Gasteiger partial charge in [0, 0.05) is 11.4 Å². The molecule has 1 aromatic carbocycles. The van der Waals surface area contributed by atoms with Crippen molar-refractivity contribution in [2.45, 2.75) is 20.3 Å². The fourth-order valence-corrected chi connectivity index (χ4v) is 3.20. The van der Waals surface area contributed by atoms with Crippen molar-refractivity contribution in [2.24, 2.45) is 0 Å². The molecule has 21 heavy (non-hydrogen) atoms. The van der Waals surface area contributed by atoms with E-state index in [4.69, 9.17) is 0 Å². The van der Waals surface area contributed by atoms with Gasteiger partial charge in [0.2, 0.25) is 0 Å². The molecule has 0 atom stereocenters. The van der Waals surface area contributed by atoms with Crippen LogP contribution >= 0.6 is 11.3 Å². The molecule has 0 spiro atoms. The van der Waals surface area contributed by atoms with Crippen molar-refractivity contribution >= 4 is 27.4 Å². The van der Waals surface area contributed by atoms with E-state index in [9.17, 15) is 5.11 Å². The number of nitrogens with one attached hydrogen (secondary N) is 1. The van der Waals surface area contributed by atoms with Crippen molar-refractivity contribution < 1.29 is 5.11 Å². The smallest absolute Gasteiger partial charge is 0.138 e. The van der Waals surface area contributed by atoms with Gasteiger partial charge in [0.15, 0.2) is 0 Å². The van der Waals surface area contributed by atoms with Gasteiger partial charge in [-0.05, 0) is 44.0 Å². The molecule has 3 aromatic rings. The summed E-state index contributed by atoms with van der Waals surface area (Å²) in [4.78, 5) is 11.3. The molecule has 2 heterocycles. The second-order valence-corrected chi connectivity index (χ2v) is 6.27. The average molecular weight is 299 g/mol. The Morgan fingerprint density at radius 3 is 2.67 bits per heavy atom. The summed E-state index contributed by atoms with van der Waals surface area (Å²) in [6.07, 6.45) is 0.883. The first-order chi connectivity index (χ1) is 10.1. The number of thiophene rings is 1. The highest BCUT2D eigenvalue weighted by molar-refractivity contribution is 7.18. The Hall–Kier alpha value is -2.14. The summed E-state index contributed by atoms with van der Waals surface area (Å²) in [6, 6.07) is 9.43. The third-order valence-electron chi connectivity index (χ3n) is 3.27. The van der Waals surface area contributed by atoms with Gasteiger partial charge < -0.3 is 10.4 Å². The van der Waals surface area contributed by atoms with Crippen LogP contribution in [0.5, 0.6) is 5.75 Å². The summed E-state index contributed by atoms with van der Waals surface area (Å²) in [6.45, 7) is 4.80. The highest BCUT2D eigenvalue weighted by atomic mass is 32.1. The standard InChI is InChI=1S/C16H17N3OS/c1-10-9-14-15(18-11(2)19-16(14)21-10)17-8-7-12-3-5-13(20)6-4-12/h3-6,9,20H,7-8H2,1-2H3,(H,17,18,19). The fraction of sp³-hybridized carbons (Fsp3) is 0.250. The number of phenols is 1. The van der Waals surface area contributed by atoms with Gasteiger partial charge in [0.25, 0.3) is 0 Å². The predicted molar refractivity (Wildman–Crippen MR) is 87.2 cm³/mol. The predicted octanol–water partition coefficient (Wildman–Crippen LogP) is 3.67. The molecule has 0 amide bonds. The van der Waals surface area contributed by atoms with E-state index in [1.165, 1.54) is 10.4 Å². The maximum Gasteiger partial charge on any atom is 0.138 e. The molecule has 5 heteroatoms. The summed E-state index contributed by atoms with van der Waals surface area (Å²) in [5, 5.41) is 13.8. The van der Waals surface area contributed by atoms with Crippen molar-refractivity contribution in [2.75, 3.05) is 11.9 Å². The molecule has 108 valence electrons. The molecule has 2 aromatic heterocycles. The number of hydrogen-bond acceptors (Lipinski definition) is 5. The number of rotatable bonds is 4. The van der Waals surface area contributed by atoms with E-state index in [0.29, 0.717) is 5.75 Å². The number of nitrogens with zero attached hydrogens (tertiary/aromatic N) is 2. The lowest BCUT2D eigenvalue weighted by Crippen LogP contribution is -2.07. The minimum Gasteiger partial charge on any atom is -0.508 e. The molecule has 0 saturated carbocycles. The molecular weight excluding hydrogens is 282 g/mol. The third-order valence-corrected chi connectivity index (χ3v) is 4.21. The summed E-state index contributed by atoms with van der Waals surface area (Å²) in [7, 11) is 0. The molecule has 4 nitrogen and oxygen atoms in total. The van der Waals surface area contributed by atoms with Gasteiger partial charge in [0.05, 0.1) is 5.39 Å². The molecule has 0 saturated heterocycles. The number of aryl methyl sites for hydroxylation is 2. The van der Waals surface area contributed by atoms with Gasteiger partial charge in [-0.25, -0.2) is 9.97 Å². The van der Waals surface area contributed by atoms with E-state index in [1.807, 2.05) is 19.1 Å². The molecule has 2 N–H and O–H groups in total. The van der Waals surface area contributed by atoms with Crippen LogP contribution in [0.3, 0.4) is 0 Å². The molecule has 0 bridgehead atoms. The minimum absolute atomic E-state index is 0.300. The van der Waals surface area contributed by atoms with E-state index in [2.05, 4.69) is 28.3 Å². The molecule has 0 aliphatic heterocycles. The molecule has 0 aliphatic rings. The molecular formula is C16H17N3OS. The van der Waals surface area contributed by atoms with Crippen molar-refractivity contribution in [1.82, 2.24) is 9.97 Å². The van der Waals surface area contributed by atoms with Gasteiger partial charge in [-0.1, -0.05) is 12.1 Å². The zero-order valence-corrected chi connectivity index (χ0v) is 12.9. The Labute approximate surface area is 127 Å². The van der Waals surface area contributed by atoms with Crippen LogP contribution in [-0.2, 0) is 6.42 Å². The lowest BCUT2D eigenvalue weighted by atomic mass is 10.1. The van der Waals surface area contributed by atoms with Crippen LogP contribution in [0.4, 0.5) is 5.82 Å². The normalized spacial score (nSPS) is 11.0. The van der Waals surface area contributed by atoms with Gasteiger partial charge in [-0.15, -0.1) is 11.3 Å². The first-order valence-electron chi connectivity index (χ1n) is 6.88. The van der Waals surface area contributed by atoms with Crippen LogP contribution in [0.2, 0.25) is 0 Å². The Kier molecular flexibility index (Phi) is 3.75. The van der Waals surface area contributed by atoms with Crippen molar-refractivity contribution in [3.63, 3.8) is 0 Å². The largest absolute Gasteiger partial charge is 0.508 e. The lowest BCUT2D eigenvalue weighted by molar-refractivity contribution is 0.475. The van der Waals surface area contributed by atoms with Crippen LogP contribution in [0, 0.1) is 13.8 Å². The topological polar surface area (TPSA) is 58.0 Å². The minimum atomic E-state index is 0.300. The first kappa shape index (κ1) is 13.8. The van der Waals surface area contributed by atoms with Crippen LogP contribution < -0.4 is 5.32 Å². The first-order valence-corrected chi connectivity index (χ1v) is 7.70. The molecule has 3 rings (SSSR count). The number of anilines is 1. The number of aromatic hydroxyl groups is 1. The Balaban J connectivity index is 1.74. The zero-order chi connectivity index (χ0) is 14.8. The van der Waals surface area contributed by atoms with E-state index in [0.717, 1.165) is 34.8 Å². The van der Waals surface area contributed by atoms with Crippen LogP contribution in [0.1, 0.15) is 16.3 Å². The second kappa shape index (κ2) is 5.69. The van der Waals surface area contributed by atoms with Gasteiger partial charge in [-0.3, -0.25) is 0 Å². The Morgan fingerprint density at radius 2 is 1.90 bits per heavy atom. The highest BCUT2D eigenvalue weighted by Gasteiger charge is 2.08. The molecule has 0 radical (unpaired) electrons. The maximum absolute atomic E-state index is 9.28. The van der Waals surface area contributed by atoms with Crippen molar-refractivity contribution in [1.29, 1.82) is 0 Å². The van der Waals surface area contributed by atoms with Crippen molar-refractivity contribution in [3.05, 3.63) is 46.6 Å². The van der Waals surface area contributed by atoms with E-state index >= 15 is 0 Å². The van der Waals surface area contributed by atoms with Gasteiger partial charge in [0.1, 0.15) is 22.2 Å². The van der Waals surface area contributed by atoms with E-state index in [1.54, 1.807) is 23.5 Å². The molecule has 0 aliphatic carbocycles. The van der Waals surface area contributed by atoms with Gasteiger partial charge >= 0.3 is 0 Å². The summed E-state index contributed by atoms with van der Waals surface area (Å²) >= 11 is 1.69. The van der Waals surface area contributed by atoms with Crippen LogP contribution in [-0.4, -0.2) is 21.6 Å². The lowest BCUT2D eigenvalue weighted by Gasteiger charge is -2.07. The van der Waals surface area contributed by atoms with Crippen molar-refractivity contribution in [3.8, 4) is 5.75 Å². The average Bonchev–Trinajstić information content (AvgIpc) is 2.81. The number of aromatic nitrogens is 2. The third kappa shape index (κ3) is 3.13. The SMILES string of the molecule is Cc1nc(NCCc2ccc(O)cc2)c2cc(C)sc2n1. The number of phenolic OH excluding ortho intramolecular Hbond substituents is 1. The summed E-state index contributed by atoms with van der Waals surface area (Å²) in [5.74, 6) is 1.99. The van der Waals surface area contributed by atoms with Crippen LogP contribution in [0.25, 0.3) is 10.2 Å². The van der Waals surface area contributed by atoms with E-state index < -0.39 is 0 Å². The molecule has 0 unspecified atom stereocenters. The summed E-state index contributed by atoms with van der Waals surface area (Å²) in [5.41, 5.74) is 1.18. The summed E-state index contributed by atoms with van der Waals surface area (Å²) < 4.78 is 0. The zero-order valence-electron chi connectivity index (χ0n) is 12.1. The quantitative estimate of drug-likeness (QED) is 0.772. The number of hydrogen-bond donors (Lipinski definition) is 2. The Bertz CT molecular complexity index is 765. The fourth-order valence-electron chi connectivity index (χ4n) is 2.27. The van der Waals surface area contributed by atoms with Crippen LogP contribution in [0.15, 0.2) is 30.3 Å². The highest BCUT2D eigenvalue weighted by Crippen LogP contribution is 2.28. The number of fused-ring (bicyclic) bond motifs is 1. The van der Waals surface area contributed by atoms with Gasteiger partial charge in [-0.2, -0.15) is 0 Å². The number of benzene rings is 1. The second-order valence-electron chi connectivity index (χ2n) is 5.04. The van der Waals surface area contributed by atoms with E-state index in [-0.39, 0.29) is 0 Å². The monoisotopic (exact) mass is 299 g/mol. The Morgan fingerprint density at radius 1 is 1.14 bits per heavy atom. The maximum atomic E-state index is 9.28.